The molecular weight excluding hydrogens is 264 g/mol. The molecule has 8 heteroatoms. The number of esters is 1. The molecule has 1 amide bonds. The number of ether oxygens (including phenoxy) is 1. The molecule has 1 saturated heterocycles. The molecule has 1 atom stereocenters. The standard InChI is InChI=1S/C12H18N4O4/c1-8-14-15-12(20-8)13-10(17)7-16-6-4-3-5-9(16)11(18)19-2/h9H,3-7H2,1-2H3,(H,13,15,17). The van der Waals surface area contributed by atoms with Crippen molar-refractivity contribution in [1.29, 1.82) is 0 Å². The summed E-state index contributed by atoms with van der Waals surface area (Å²) >= 11 is 0. The predicted octanol–water partition coefficient (Wildman–Crippen LogP) is 0.344. The maximum Gasteiger partial charge on any atom is 0.323 e. The molecule has 1 aromatic heterocycles. The summed E-state index contributed by atoms with van der Waals surface area (Å²) < 4.78 is 9.84. The van der Waals surface area contributed by atoms with Crippen molar-refractivity contribution in [2.75, 3.05) is 25.5 Å². The first-order valence-corrected chi connectivity index (χ1v) is 6.52. The molecule has 0 spiro atoms. The average molecular weight is 282 g/mol. The van der Waals surface area contributed by atoms with E-state index in [0.29, 0.717) is 18.9 Å². The van der Waals surface area contributed by atoms with Gasteiger partial charge in [-0.05, 0) is 19.4 Å². The number of nitrogens with one attached hydrogen (secondary N) is 1. The van der Waals surface area contributed by atoms with Gasteiger partial charge in [0.05, 0.1) is 13.7 Å². The van der Waals surface area contributed by atoms with Crippen LogP contribution in [0.1, 0.15) is 25.2 Å². The van der Waals surface area contributed by atoms with Crippen LogP contribution in [-0.4, -0.2) is 53.2 Å². The van der Waals surface area contributed by atoms with Crippen LogP contribution in [0, 0.1) is 6.92 Å². The van der Waals surface area contributed by atoms with Gasteiger partial charge >= 0.3 is 12.0 Å². The molecule has 0 bridgehead atoms. The van der Waals surface area contributed by atoms with Gasteiger partial charge in [0.1, 0.15) is 6.04 Å². The summed E-state index contributed by atoms with van der Waals surface area (Å²) in [6, 6.07) is -0.289. The van der Waals surface area contributed by atoms with E-state index in [1.807, 2.05) is 4.90 Å². The van der Waals surface area contributed by atoms with Crippen molar-refractivity contribution in [2.45, 2.75) is 32.2 Å². The van der Waals surface area contributed by atoms with E-state index in [0.717, 1.165) is 12.8 Å². The van der Waals surface area contributed by atoms with Crippen LogP contribution in [0.3, 0.4) is 0 Å². The lowest BCUT2D eigenvalue weighted by Crippen LogP contribution is -2.48. The molecule has 1 aromatic rings. The van der Waals surface area contributed by atoms with Crippen molar-refractivity contribution in [3.8, 4) is 0 Å². The first-order chi connectivity index (χ1) is 9.60. The number of aromatic nitrogens is 2. The topological polar surface area (TPSA) is 97.6 Å². The Morgan fingerprint density at radius 2 is 2.25 bits per heavy atom. The molecule has 1 unspecified atom stereocenters. The van der Waals surface area contributed by atoms with Gasteiger partial charge < -0.3 is 9.15 Å². The zero-order chi connectivity index (χ0) is 14.5. The smallest absolute Gasteiger partial charge is 0.323 e. The maximum atomic E-state index is 11.9. The highest BCUT2D eigenvalue weighted by atomic mass is 16.5. The molecule has 1 aliphatic heterocycles. The van der Waals surface area contributed by atoms with E-state index in [1.165, 1.54) is 7.11 Å². The number of nitrogens with zero attached hydrogens (tertiary/aromatic N) is 3. The van der Waals surface area contributed by atoms with E-state index < -0.39 is 0 Å². The van der Waals surface area contributed by atoms with E-state index in [-0.39, 0.29) is 30.5 Å². The van der Waals surface area contributed by atoms with Crippen LogP contribution in [0.2, 0.25) is 0 Å². The van der Waals surface area contributed by atoms with Gasteiger partial charge in [-0.15, -0.1) is 5.10 Å². The predicted molar refractivity (Wildman–Crippen MR) is 68.9 cm³/mol. The van der Waals surface area contributed by atoms with Gasteiger partial charge in [0.15, 0.2) is 0 Å². The van der Waals surface area contributed by atoms with Crippen molar-refractivity contribution in [3.05, 3.63) is 5.89 Å². The zero-order valence-corrected chi connectivity index (χ0v) is 11.6. The zero-order valence-electron chi connectivity index (χ0n) is 11.6. The highest BCUT2D eigenvalue weighted by molar-refractivity contribution is 5.90. The Labute approximate surface area is 116 Å². The van der Waals surface area contributed by atoms with Crippen molar-refractivity contribution < 1.29 is 18.7 Å². The Balaban J connectivity index is 1.92. The van der Waals surface area contributed by atoms with Crippen LogP contribution in [0.25, 0.3) is 0 Å². The summed E-state index contributed by atoms with van der Waals surface area (Å²) in [7, 11) is 1.36. The van der Waals surface area contributed by atoms with Gasteiger partial charge in [0.2, 0.25) is 11.8 Å². The molecule has 0 radical (unpaired) electrons. The van der Waals surface area contributed by atoms with E-state index in [1.54, 1.807) is 6.92 Å². The summed E-state index contributed by atoms with van der Waals surface area (Å²) in [5.41, 5.74) is 0. The quantitative estimate of drug-likeness (QED) is 0.795. The second-order valence-corrected chi connectivity index (χ2v) is 4.68. The van der Waals surface area contributed by atoms with E-state index >= 15 is 0 Å². The monoisotopic (exact) mass is 282 g/mol. The third-order valence-electron chi connectivity index (χ3n) is 3.21. The Kier molecular flexibility index (Phi) is 4.67. The lowest BCUT2D eigenvalue weighted by atomic mass is 10.0. The van der Waals surface area contributed by atoms with Crippen molar-refractivity contribution in [2.24, 2.45) is 0 Å². The maximum absolute atomic E-state index is 11.9. The Morgan fingerprint density at radius 1 is 1.45 bits per heavy atom. The lowest BCUT2D eigenvalue weighted by molar-refractivity contribution is -0.148. The number of carbonyl (C=O) groups excluding carboxylic acids is 2. The van der Waals surface area contributed by atoms with Crippen molar-refractivity contribution >= 4 is 17.9 Å². The molecule has 2 heterocycles. The molecule has 1 N–H and O–H groups in total. The molecule has 0 saturated carbocycles. The summed E-state index contributed by atoms with van der Waals surface area (Å²) in [6.07, 6.45) is 2.63. The van der Waals surface area contributed by atoms with Gasteiger partial charge in [0.25, 0.3) is 0 Å². The number of hydrogen-bond donors (Lipinski definition) is 1. The highest BCUT2D eigenvalue weighted by Gasteiger charge is 2.30. The highest BCUT2D eigenvalue weighted by Crippen LogP contribution is 2.18. The van der Waals surface area contributed by atoms with Crippen LogP contribution >= 0.6 is 0 Å². The third-order valence-corrected chi connectivity index (χ3v) is 3.21. The van der Waals surface area contributed by atoms with Crippen molar-refractivity contribution in [3.63, 3.8) is 0 Å². The number of likely N-dealkylation sites (tertiary alicyclic amines) is 1. The normalized spacial score (nSPS) is 19.6. The van der Waals surface area contributed by atoms with Gasteiger partial charge in [-0.1, -0.05) is 11.5 Å². The fourth-order valence-corrected chi connectivity index (χ4v) is 2.27. The molecule has 0 aromatic carbocycles. The second-order valence-electron chi connectivity index (χ2n) is 4.68. The number of amides is 1. The molecule has 20 heavy (non-hydrogen) atoms. The summed E-state index contributed by atoms with van der Waals surface area (Å²) in [4.78, 5) is 25.4. The average Bonchev–Trinajstić information content (AvgIpc) is 2.83. The molecule has 2 rings (SSSR count). The van der Waals surface area contributed by atoms with Gasteiger partial charge in [-0.2, -0.15) is 0 Å². The van der Waals surface area contributed by atoms with Gasteiger partial charge in [-0.25, -0.2) is 0 Å². The summed E-state index contributed by atoms with van der Waals surface area (Å²) in [6.45, 7) is 2.43. The van der Waals surface area contributed by atoms with Crippen molar-refractivity contribution in [1.82, 2.24) is 15.1 Å². The minimum absolute atomic E-state index is 0.0686. The number of rotatable bonds is 4. The minimum Gasteiger partial charge on any atom is -0.468 e. The molecule has 0 aliphatic carbocycles. The van der Waals surface area contributed by atoms with Gasteiger partial charge in [-0.3, -0.25) is 19.8 Å². The number of carbonyl (C=O) groups is 2. The second kappa shape index (κ2) is 6.47. The first-order valence-electron chi connectivity index (χ1n) is 6.52. The Bertz CT molecular complexity index is 488. The van der Waals surface area contributed by atoms with Crippen LogP contribution < -0.4 is 5.32 Å². The molecule has 1 aliphatic rings. The van der Waals surface area contributed by atoms with E-state index in [2.05, 4.69) is 15.5 Å². The number of piperidine rings is 1. The number of anilines is 1. The van der Waals surface area contributed by atoms with Crippen LogP contribution in [0.5, 0.6) is 0 Å². The molecular formula is C12H18N4O4. The first kappa shape index (κ1) is 14.4. The van der Waals surface area contributed by atoms with E-state index in [9.17, 15) is 9.59 Å². The Morgan fingerprint density at radius 3 is 2.90 bits per heavy atom. The van der Waals surface area contributed by atoms with E-state index in [4.69, 9.17) is 9.15 Å². The largest absolute Gasteiger partial charge is 0.468 e. The number of aryl methyl sites for hydroxylation is 1. The Hall–Kier alpha value is -1.96. The summed E-state index contributed by atoms with van der Waals surface area (Å²) in [5, 5.41) is 9.83. The minimum atomic E-state index is -0.357. The SMILES string of the molecule is COC(=O)C1CCCCN1CC(=O)Nc1nnc(C)o1. The van der Waals surface area contributed by atoms with Gasteiger partial charge in [0, 0.05) is 6.92 Å². The molecule has 8 nitrogen and oxygen atoms in total. The summed E-state index contributed by atoms with van der Waals surface area (Å²) in [5.74, 6) is -0.207. The molecule has 110 valence electrons. The fraction of sp³-hybridized carbons (Fsp3) is 0.667. The molecule has 1 fully saturated rings. The number of methoxy groups -OCH3 is 1. The lowest BCUT2D eigenvalue weighted by Gasteiger charge is -2.32. The van der Waals surface area contributed by atoms with Crippen LogP contribution in [-0.2, 0) is 14.3 Å². The number of hydrogen-bond acceptors (Lipinski definition) is 7. The van der Waals surface area contributed by atoms with Crippen LogP contribution in [0.4, 0.5) is 6.01 Å². The fourth-order valence-electron chi connectivity index (χ4n) is 2.27. The third kappa shape index (κ3) is 3.53. The van der Waals surface area contributed by atoms with Crippen LogP contribution in [0.15, 0.2) is 4.42 Å².